The van der Waals surface area contributed by atoms with Crippen molar-refractivity contribution in [2.24, 2.45) is 0 Å². The average molecular weight is 499 g/mol. The number of aromatic amines is 1. The molecule has 3 heterocycles. The third-order valence-electron chi connectivity index (χ3n) is 5.50. The average Bonchev–Trinajstić information content (AvgIpc) is 3.48. The lowest BCUT2D eigenvalue weighted by Crippen LogP contribution is -2.28. The van der Waals surface area contributed by atoms with E-state index < -0.39 is 0 Å². The van der Waals surface area contributed by atoms with Crippen LogP contribution in [-0.2, 0) is 0 Å². The molecule has 0 saturated carbocycles. The number of amides is 1. The van der Waals surface area contributed by atoms with Crippen LogP contribution in [0.4, 0.5) is 5.82 Å². The molecular formula is C23H20Cl2N6OS. The van der Waals surface area contributed by atoms with Gasteiger partial charge < -0.3 is 15.2 Å². The second kappa shape index (κ2) is 9.21. The van der Waals surface area contributed by atoms with Crippen LogP contribution in [0.5, 0.6) is 0 Å². The van der Waals surface area contributed by atoms with Crippen molar-refractivity contribution >= 4 is 68.6 Å². The first-order valence-electron chi connectivity index (χ1n) is 10.3. The van der Waals surface area contributed by atoms with Crippen LogP contribution in [0, 0.1) is 0 Å². The van der Waals surface area contributed by atoms with Gasteiger partial charge in [-0.1, -0.05) is 35.4 Å². The highest BCUT2D eigenvalue weighted by atomic mass is 35.5. The van der Waals surface area contributed by atoms with Gasteiger partial charge in [0.25, 0.3) is 5.91 Å². The van der Waals surface area contributed by atoms with E-state index >= 15 is 0 Å². The highest BCUT2D eigenvalue weighted by Crippen LogP contribution is 2.31. The molecule has 0 aliphatic carbocycles. The molecule has 0 fully saturated rings. The van der Waals surface area contributed by atoms with Crippen LogP contribution in [0.25, 0.3) is 21.9 Å². The Morgan fingerprint density at radius 1 is 1.18 bits per heavy atom. The Bertz CT molecular complexity index is 1380. The number of hydrogen-bond donors (Lipinski definition) is 2. The number of benzene rings is 2. The summed E-state index contributed by atoms with van der Waals surface area (Å²) in [7, 11) is 0. The van der Waals surface area contributed by atoms with Gasteiger partial charge in [-0.05, 0) is 36.6 Å². The molecule has 0 bridgehead atoms. The summed E-state index contributed by atoms with van der Waals surface area (Å²) in [5, 5.41) is 5.25. The fourth-order valence-corrected chi connectivity index (χ4v) is 4.85. The van der Waals surface area contributed by atoms with Crippen molar-refractivity contribution in [1.82, 2.24) is 24.8 Å². The summed E-state index contributed by atoms with van der Waals surface area (Å²) < 4.78 is 0. The number of aromatic nitrogens is 4. The van der Waals surface area contributed by atoms with E-state index in [1.165, 1.54) is 6.33 Å². The number of hydrogen-bond acceptors (Lipinski definition) is 6. The summed E-state index contributed by atoms with van der Waals surface area (Å²) in [6, 6.07) is 8.92. The number of anilines is 1. The first kappa shape index (κ1) is 22.0. The summed E-state index contributed by atoms with van der Waals surface area (Å²) in [4.78, 5) is 31.5. The molecule has 7 nitrogen and oxygen atoms in total. The van der Waals surface area contributed by atoms with Crippen molar-refractivity contribution in [2.75, 3.05) is 30.4 Å². The van der Waals surface area contributed by atoms with Crippen molar-refractivity contribution in [2.45, 2.75) is 6.04 Å². The lowest BCUT2D eigenvalue weighted by Gasteiger charge is -2.19. The highest BCUT2D eigenvalue weighted by Gasteiger charge is 2.22. The van der Waals surface area contributed by atoms with Crippen molar-refractivity contribution in [3.8, 4) is 0 Å². The largest absolute Gasteiger partial charge is 0.359 e. The van der Waals surface area contributed by atoms with Crippen molar-refractivity contribution < 1.29 is 4.79 Å². The van der Waals surface area contributed by atoms with Gasteiger partial charge in [0.05, 0.1) is 33.2 Å². The van der Waals surface area contributed by atoms with Crippen molar-refractivity contribution in [3.05, 3.63) is 70.2 Å². The van der Waals surface area contributed by atoms with Gasteiger partial charge in [0, 0.05) is 29.3 Å². The number of fused-ring (bicyclic) bond motifs is 2. The minimum absolute atomic E-state index is 0.110. The quantitative estimate of drug-likeness (QED) is 0.348. The molecule has 168 valence electrons. The van der Waals surface area contributed by atoms with Crippen LogP contribution >= 0.6 is 35.0 Å². The molecule has 4 aromatic rings. The molecule has 2 N–H and O–H groups in total. The summed E-state index contributed by atoms with van der Waals surface area (Å²) in [6.07, 6.45) is 7.46. The van der Waals surface area contributed by atoms with E-state index in [2.05, 4.69) is 20.3 Å². The molecular weight excluding hydrogens is 479 g/mol. The number of halogens is 2. The Labute approximate surface area is 204 Å². The zero-order chi connectivity index (χ0) is 22.9. The summed E-state index contributed by atoms with van der Waals surface area (Å²) >= 11 is 14.4. The predicted molar refractivity (Wildman–Crippen MR) is 135 cm³/mol. The number of thioether (sulfide) groups is 1. The Kier molecular flexibility index (Phi) is 6.14. The second-order valence-electron chi connectivity index (χ2n) is 7.69. The number of nitrogens with one attached hydrogen (secondary N) is 2. The van der Waals surface area contributed by atoms with Crippen molar-refractivity contribution in [1.29, 1.82) is 0 Å². The SMILES string of the molecule is CSC[C@@H](Nc1ncnc2cc(C(=O)N3CC=CC3)c(Cl)cc12)c1nc2ccc(Cl)cc2[nH]1. The van der Waals surface area contributed by atoms with E-state index in [-0.39, 0.29) is 11.9 Å². The maximum Gasteiger partial charge on any atom is 0.256 e. The molecule has 1 aliphatic heterocycles. The van der Waals surface area contributed by atoms with Crippen LogP contribution in [-0.4, -0.2) is 55.8 Å². The second-order valence-corrected chi connectivity index (χ2v) is 9.44. The first-order valence-corrected chi connectivity index (χ1v) is 12.5. The maximum absolute atomic E-state index is 12.9. The molecule has 0 saturated heterocycles. The fourth-order valence-electron chi connectivity index (χ4n) is 3.86. The number of carbonyl (C=O) groups excluding carboxylic acids is 1. The van der Waals surface area contributed by atoms with Crippen LogP contribution in [0.2, 0.25) is 10.0 Å². The lowest BCUT2D eigenvalue weighted by atomic mass is 10.1. The minimum atomic E-state index is -0.139. The van der Waals surface area contributed by atoms with Gasteiger partial charge in [-0.3, -0.25) is 4.79 Å². The number of H-pyrrole nitrogens is 1. The minimum Gasteiger partial charge on any atom is -0.359 e. The zero-order valence-electron chi connectivity index (χ0n) is 17.7. The van der Waals surface area contributed by atoms with Gasteiger partial charge >= 0.3 is 0 Å². The summed E-state index contributed by atoms with van der Waals surface area (Å²) in [5.41, 5.74) is 2.80. The highest BCUT2D eigenvalue weighted by molar-refractivity contribution is 7.98. The summed E-state index contributed by atoms with van der Waals surface area (Å²) in [6.45, 7) is 1.17. The van der Waals surface area contributed by atoms with Gasteiger partial charge in [0.1, 0.15) is 18.0 Å². The third kappa shape index (κ3) is 4.38. The molecule has 0 radical (unpaired) electrons. The topological polar surface area (TPSA) is 86.8 Å². The molecule has 10 heteroatoms. The molecule has 2 aromatic carbocycles. The monoisotopic (exact) mass is 498 g/mol. The van der Waals surface area contributed by atoms with E-state index in [0.717, 1.165) is 28.0 Å². The molecule has 5 rings (SSSR count). The molecule has 1 aliphatic rings. The van der Waals surface area contributed by atoms with E-state index in [0.29, 0.717) is 40.0 Å². The van der Waals surface area contributed by atoms with E-state index in [1.54, 1.807) is 28.8 Å². The Morgan fingerprint density at radius 3 is 2.79 bits per heavy atom. The number of imidazole rings is 1. The number of nitrogens with zero attached hydrogens (tertiary/aromatic N) is 4. The Hall–Kier alpha value is -2.81. The molecule has 1 atom stereocenters. The van der Waals surface area contributed by atoms with Crippen LogP contribution < -0.4 is 5.32 Å². The lowest BCUT2D eigenvalue weighted by molar-refractivity contribution is 0.0800. The van der Waals surface area contributed by atoms with Crippen molar-refractivity contribution in [3.63, 3.8) is 0 Å². The first-order chi connectivity index (χ1) is 16.0. The third-order valence-corrected chi connectivity index (χ3v) is 6.71. The van der Waals surface area contributed by atoms with Crippen LogP contribution in [0.15, 0.2) is 48.8 Å². The van der Waals surface area contributed by atoms with Gasteiger partial charge in [0.15, 0.2) is 0 Å². The van der Waals surface area contributed by atoms with E-state index in [9.17, 15) is 4.79 Å². The normalized spacial score (nSPS) is 14.3. The molecule has 1 amide bonds. The van der Waals surface area contributed by atoms with Crippen LogP contribution in [0.1, 0.15) is 22.2 Å². The zero-order valence-corrected chi connectivity index (χ0v) is 20.0. The van der Waals surface area contributed by atoms with Gasteiger partial charge in [0.2, 0.25) is 0 Å². The Balaban J connectivity index is 1.49. The molecule has 33 heavy (non-hydrogen) atoms. The smallest absolute Gasteiger partial charge is 0.256 e. The van der Waals surface area contributed by atoms with Gasteiger partial charge in [-0.15, -0.1) is 0 Å². The predicted octanol–water partition coefficient (Wildman–Crippen LogP) is 5.34. The molecule has 0 unspecified atom stereocenters. The number of carbonyl (C=O) groups is 1. The number of rotatable bonds is 6. The standard InChI is InChI=1S/C23H20Cl2N6OS/c1-33-11-20(22-28-17-5-4-13(24)8-19(17)29-22)30-21-15-9-16(25)14(10-18(15)26-12-27-21)23(32)31-6-2-3-7-31/h2-5,8-10,12,20H,6-7,11H2,1H3,(H,28,29)(H,26,27,30)/t20-/m1/s1. The summed E-state index contributed by atoms with van der Waals surface area (Å²) in [5.74, 6) is 2.06. The Morgan fingerprint density at radius 2 is 2.00 bits per heavy atom. The molecule has 0 spiro atoms. The van der Waals surface area contributed by atoms with Crippen LogP contribution in [0.3, 0.4) is 0 Å². The molecule has 2 aromatic heterocycles. The van der Waals surface area contributed by atoms with E-state index in [4.69, 9.17) is 28.2 Å². The maximum atomic E-state index is 12.9. The fraction of sp³-hybridized carbons (Fsp3) is 0.217. The van der Waals surface area contributed by atoms with E-state index in [1.807, 2.05) is 36.6 Å². The van der Waals surface area contributed by atoms with Gasteiger partial charge in [-0.2, -0.15) is 11.8 Å². The van der Waals surface area contributed by atoms with Gasteiger partial charge in [-0.25, -0.2) is 15.0 Å².